The quantitative estimate of drug-likeness (QED) is 0.883. The van der Waals surface area contributed by atoms with Crippen molar-refractivity contribution in [3.63, 3.8) is 0 Å². The zero-order chi connectivity index (χ0) is 15.2. The van der Waals surface area contributed by atoms with Crippen LogP contribution >= 0.6 is 0 Å². The molecule has 0 aliphatic rings. The number of amides is 1. The predicted octanol–water partition coefficient (Wildman–Crippen LogP) is 3.62. The molecule has 0 fully saturated rings. The van der Waals surface area contributed by atoms with Gasteiger partial charge in [0.25, 0.3) is 5.91 Å². The summed E-state index contributed by atoms with van der Waals surface area (Å²) < 4.78 is 11.0. The van der Waals surface area contributed by atoms with Crippen molar-refractivity contribution in [1.82, 2.24) is 5.32 Å². The minimum absolute atomic E-state index is 0.116. The van der Waals surface area contributed by atoms with Crippen LogP contribution in [0.5, 0.6) is 5.75 Å². The number of rotatable bonds is 6. The molecule has 21 heavy (non-hydrogen) atoms. The zero-order valence-electron chi connectivity index (χ0n) is 12.7. The second-order valence-corrected chi connectivity index (χ2v) is 5.00. The lowest BCUT2D eigenvalue weighted by atomic mass is 10.2. The van der Waals surface area contributed by atoms with Gasteiger partial charge in [-0.25, -0.2) is 0 Å². The lowest BCUT2D eigenvalue weighted by Gasteiger charge is -2.08. The molecule has 0 radical (unpaired) electrons. The minimum atomic E-state index is -0.116. The molecule has 0 saturated carbocycles. The van der Waals surface area contributed by atoms with Crippen LogP contribution < -0.4 is 10.1 Å². The lowest BCUT2D eigenvalue weighted by molar-refractivity contribution is 0.0950. The van der Waals surface area contributed by atoms with Crippen LogP contribution in [-0.2, 0) is 6.54 Å². The van der Waals surface area contributed by atoms with E-state index >= 15 is 0 Å². The highest BCUT2D eigenvalue weighted by Gasteiger charge is 2.09. The van der Waals surface area contributed by atoms with Gasteiger partial charge in [-0.15, -0.1) is 0 Å². The maximum Gasteiger partial charge on any atom is 0.251 e. The zero-order valence-corrected chi connectivity index (χ0v) is 12.7. The van der Waals surface area contributed by atoms with Gasteiger partial charge in [0.2, 0.25) is 0 Å². The van der Waals surface area contributed by atoms with E-state index in [9.17, 15) is 4.79 Å². The molecule has 0 aliphatic carbocycles. The van der Waals surface area contributed by atoms with Crippen LogP contribution in [0.15, 0.2) is 34.7 Å². The van der Waals surface area contributed by atoms with Crippen LogP contribution in [0.4, 0.5) is 0 Å². The molecule has 1 heterocycles. The monoisotopic (exact) mass is 287 g/mol. The number of carbonyl (C=O) groups is 1. The number of hydrogen-bond acceptors (Lipinski definition) is 3. The third-order valence-electron chi connectivity index (χ3n) is 3.15. The fraction of sp³-hybridized carbons (Fsp3) is 0.353. The molecule has 112 valence electrons. The molecule has 1 aromatic heterocycles. The van der Waals surface area contributed by atoms with Crippen molar-refractivity contribution in [2.24, 2.45) is 0 Å². The standard InChI is InChI=1S/C17H21NO3/c1-4-8-20-16-7-5-6-14(10-16)17(19)18-11-15-9-12(2)21-13(15)3/h5-7,9-10H,4,8,11H2,1-3H3,(H,18,19). The number of ether oxygens (including phenoxy) is 1. The molecule has 0 unspecified atom stereocenters. The van der Waals surface area contributed by atoms with E-state index in [4.69, 9.17) is 9.15 Å². The highest BCUT2D eigenvalue weighted by Crippen LogP contribution is 2.15. The van der Waals surface area contributed by atoms with Crippen molar-refractivity contribution < 1.29 is 13.9 Å². The molecule has 0 aliphatic heterocycles. The first-order valence-corrected chi connectivity index (χ1v) is 7.17. The van der Waals surface area contributed by atoms with Gasteiger partial charge in [0.05, 0.1) is 6.61 Å². The van der Waals surface area contributed by atoms with Gasteiger partial charge in [0.15, 0.2) is 0 Å². The van der Waals surface area contributed by atoms with Gasteiger partial charge in [-0.3, -0.25) is 4.79 Å². The highest BCUT2D eigenvalue weighted by molar-refractivity contribution is 5.94. The van der Waals surface area contributed by atoms with Crippen molar-refractivity contribution in [3.05, 3.63) is 53.0 Å². The summed E-state index contributed by atoms with van der Waals surface area (Å²) >= 11 is 0. The highest BCUT2D eigenvalue weighted by atomic mass is 16.5. The Bertz CT molecular complexity index is 616. The van der Waals surface area contributed by atoms with E-state index in [1.54, 1.807) is 12.1 Å². The van der Waals surface area contributed by atoms with Gasteiger partial charge in [-0.05, 0) is 44.5 Å². The van der Waals surface area contributed by atoms with Gasteiger partial charge in [-0.1, -0.05) is 13.0 Å². The van der Waals surface area contributed by atoms with Crippen LogP contribution in [0.2, 0.25) is 0 Å². The number of furan rings is 1. The smallest absolute Gasteiger partial charge is 0.251 e. The Labute approximate surface area is 125 Å². The summed E-state index contributed by atoms with van der Waals surface area (Å²) in [6.07, 6.45) is 0.940. The summed E-state index contributed by atoms with van der Waals surface area (Å²) in [6.45, 7) is 6.95. The number of hydrogen-bond donors (Lipinski definition) is 1. The number of nitrogens with one attached hydrogen (secondary N) is 1. The van der Waals surface area contributed by atoms with Crippen LogP contribution in [0.3, 0.4) is 0 Å². The lowest BCUT2D eigenvalue weighted by Crippen LogP contribution is -2.22. The number of aryl methyl sites for hydroxylation is 2. The van der Waals surface area contributed by atoms with Crippen molar-refractivity contribution in [1.29, 1.82) is 0 Å². The average molecular weight is 287 g/mol. The first-order chi connectivity index (χ1) is 10.1. The SMILES string of the molecule is CCCOc1cccc(C(=O)NCc2cc(C)oc2C)c1. The van der Waals surface area contributed by atoms with Crippen molar-refractivity contribution in [2.75, 3.05) is 6.61 Å². The predicted molar refractivity (Wildman–Crippen MR) is 81.6 cm³/mol. The maximum atomic E-state index is 12.2. The van der Waals surface area contributed by atoms with E-state index in [-0.39, 0.29) is 5.91 Å². The molecule has 1 N–H and O–H groups in total. The average Bonchev–Trinajstić information content (AvgIpc) is 2.81. The van der Waals surface area contributed by atoms with Gasteiger partial charge < -0.3 is 14.5 Å². The van der Waals surface area contributed by atoms with Crippen molar-refractivity contribution in [2.45, 2.75) is 33.7 Å². The van der Waals surface area contributed by atoms with Gasteiger partial charge in [-0.2, -0.15) is 0 Å². The molecule has 0 bridgehead atoms. The van der Waals surface area contributed by atoms with Crippen LogP contribution in [0, 0.1) is 13.8 Å². The molecule has 0 spiro atoms. The largest absolute Gasteiger partial charge is 0.494 e. The Balaban J connectivity index is 1.98. The summed E-state index contributed by atoms with van der Waals surface area (Å²) in [6, 6.07) is 9.17. The molecule has 1 aromatic carbocycles. The second kappa shape index (κ2) is 6.97. The summed E-state index contributed by atoms with van der Waals surface area (Å²) in [4.78, 5) is 12.2. The summed E-state index contributed by atoms with van der Waals surface area (Å²) in [5, 5.41) is 2.90. The van der Waals surface area contributed by atoms with Crippen molar-refractivity contribution >= 4 is 5.91 Å². The molecular formula is C17H21NO3. The third kappa shape index (κ3) is 4.12. The van der Waals surface area contributed by atoms with E-state index in [0.717, 1.165) is 29.3 Å². The molecule has 4 nitrogen and oxygen atoms in total. The molecule has 2 aromatic rings. The molecular weight excluding hydrogens is 266 g/mol. The minimum Gasteiger partial charge on any atom is -0.494 e. The van der Waals surface area contributed by atoms with E-state index in [0.29, 0.717) is 18.7 Å². The van der Waals surface area contributed by atoms with Crippen LogP contribution in [0.1, 0.15) is 40.8 Å². The maximum absolute atomic E-state index is 12.2. The molecule has 0 atom stereocenters. The Morgan fingerprint density at radius 2 is 2.10 bits per heavy atom. The molecule has 4 heteroatoms. The Morgan fingerprint density at radius 3 is 2.76 bits per heavy atom. The first-order valence-electron chi connectivity index (χ1n) is 7.17. The number of benzene rings is 1. The van der Waals surface area contributed by atoms with Gasteiger partial charge in [0, 0.05) is 17.7 Å². The number of carbonyl (C=O) groups excluding carboxylic acids is 1. The fourth-order valence-corrected chi connectivity index (χ4v) is 2.08. The van der Waals surface area contributed by atoms with E-state index in [1.165, 1.54) is 0 Å². The van der Waals surface area contributed by atoms with E-state index < -0.39 is 0 Å². The summed E-state index contributed by atoms with van der Waals surface area (Å²) in [5.74, 6) is 2.30. The van der Waals surface area contributed by atoms with Crippen LogP contribution in [0.25, 0.3) is 0 Å². The summed E-state index contributed by atoms with van der Waals surface area (Å²) in [7, 11) is 0. The van der Waals surface area contributed by atoms with E-state index in [2.05, 4.69) is 5.32 Å². The van der Waals surface area contributed by atoms with Crippen LogP contribution in [-0.4, -0.2) is 12.5 Å². The molecule has 0 saturated heterocycles. The Kier molecular flexibility index (Phi) is 5.04. The van der Waals surface area contributed by atoms with Gasteiger partial charge in [0.1, 0.15) is 17.3 Å². The topological polar surface area (TPSA) is 51.5 Å². The fourth-order valence-electron chi connectivity index (χ4n) is 2.08. The Morgan fingerprint density at radius 1 is 1.29 bits per heavy atom. The summed E-state index contributed by atoms with van der Waals surface area (Å²) in [5.41, 5.74) is 1.60. The Hall–Kier alpha value is -2.23. The first kappa shape index (κ1) is 15.2. The molecule has 2 rings (SSSR count). The van der Waals surface area contributed by atoms with E-state index in [1.807, 2.05) is 39.0 Å². The van der Waals surface area contributed by atoms with Crippen molar-refractivity contribution in [3.8, 4) is 5.75 Å². The molecule has 1 amide bonds. The normalized spacial score (nSPS) is 10.4. The third-order valence-corrected chi connectivity index (χ3v) is 3.15. The van der Waals surface area contributed by atoms with Gasteiger partial charge >= 0.3 is 0 Å². The second-order valence-electron chi connectivity index (χ2n) is 5.00.